The average molecular weight is 224 g/mol. The first-order chi connectivity index (χ1) is 7.70. The highest BCUT2D eigenvalue weighted by molar-refractivity contribution is 5.70. The van der Waals surface area contributed by atoms with Crippen LogP contribution in [-0.2, 0) is 9.53 Å². The molecule has 0 bridgehead atoms. The first-order valence-corrected chi connectivity index (χ1v) is 4.85. The van der Waals surface area contributed by atoms with Gasteiger partial charge in [-0.3, -0.25) is 4.79 Å². The fourth-order valence-electron chi connectivity index (χ4n) is 1.48. The molecule has 0 fully saturated rings. The second-order valence-corrected chi connectivity index (χ2v) is 3.41. The normalized spacial score (nSPS) is 14.6. The van der Waals surface area contributed by atoms with E-state index in [0.717, 1.165) is 0 Å². The molecule has 0 radical (unpaired) electrons. The van der Waals surface area contributed by atoms with E-state index in [2.05, 4.69) is 4.74 Å². The molecule has 0 amide bonds. The number of ether oxygens (including phenoxy) is 3. The molecule has 5 nitrogen and oxygen atoms in total. The lowest BCUT2D eigenvalue weighted by molar-refractivity contribution is -0.142. The van der Waals surface area contributed by atoms with Crippen LogP contribution in [0.1, 0.15) is 18.1 Å². The van der Waals surface area contributed by atoms with E-state index in [1.807, 2.05) is 0 Å². The number of methoxy groups -OCH3 is 1. The van der Waals surface area contributed by atoms with Crippen molar-refractivity contribution in [3.8, 4) is 11.5 Å². The number of fused-ring (bicyclic) bond motifs is 1. The van der Waals surface area contributed by atoms with E-state index in [-0.39, 0.29) is 13.2 Å². The summed E-state index contributed by atoms with van der Waals surface area (Å²) in [5.41, 5.74) is 0.606. The van der Waals surface area contributed by atoms with Crippen molar-refractivity contribution < 1.29 is 24.1 Å². The maximum Gasteiger partial charge on any atom is 0.308 e. The Kier molecular flexibility index (Phi) is 2.96. The summed E-state index contributed by atoms with van der Waals surface area (Å²) in [6, 6.07) is 5.06. The van der Waals surface area contributed by atoms with E-state index < -0.39 is 12.1 Å². The highest BCUT2D eigenvalue weighted by Crippen LogP contribution is 2.34. The van der Waals surface area contributed by atoms with Crippen LogP contribution in [0, 0.1) is 0 Å². The first-order valence-electron chi connectivity index (χ1n) is 4.85. The van der Waals surface area contributed by atoms with Gasteiger partial charge in [0, 0.05) is 0 Å². The minimum atomic E-state index is -0.887. The van der Waals surface area contributed by atoms with E-state index in [4.69, 9.17) is 9.47 Å². The Morgan fingerprint density at radius 1 is 1.50 bits per heavy atom. The van der Waals surface area contributed by atoms with Crippen LogP contribution in [0.15, 0.2) is 18.2 Å². The van der Waals surface area contributed by atoms with Crippen molar-refractivity contribution in [2.45, 2.75) is 12.5 Å². The summed E-state index contributed by atoms with van der Waals surface area (Å²) in [5.74, 6) is 0.778. The number of benzene rings is 1. The average Bonchev–Trinajstić information content (AvgIpc) is 2.75. The SMILES string of the molecule is COC(=O)C[C@@H](O)c1ccc2c(c1)OCO2. The number of rotatable bonds is 3. The number of hydrogen-bond donors (Lipinski definition) is 1. The number of carbonyl (C=O) groups is 1. The van der Waals surface area contributed by atoms with Crippen LogP contribution in [0.3, 0.4) is 0 Å². The van der Waals surface area contributed by atoms with Gasteiger partial charge in [0.05, 0.1) is 19.6 Å². The molecule has 1 atom stereocenters. The predicted octanol–water partition coefficient (Wildman–Crippen LogP) is 1.01. The zero-order valence-corrected chi connectivity index (χ0v) is 8.80. The van der Waals surface area contributed by atoms with Crippen LogP contribution >= 0.6 is 0 Å². The largest absolute Gasteiger partial charge is 0.469 e. The fourth-order valence-corrected chi connectivity index (χ4v) is 1.48. The third kappa shape index (κ3) is 2.09. The molecule has 16 heavy (non-hydrogen) atoms. The number of carbonyl (C=O) groups excluding carboxylic acids is 1. The van der Waals surface area contributed by atoms with Crippen molar-refractivity contribution in [3.63, 3.8) is 0 Å². The molecule has 1 aliphatic heterocycles. The lowest BCUT2D eigenvalue weighted by atomic mass is 10.1. The van der Waals surface area contributed by atoms with Gasteiger partial charge in [0.2, 0.25) is 6.79 Å². The molecule has 86 valence electrons. The molecule has 0 saturated heterocycles. The van der Waals surface area contributed by atoms with Crippen molar-refractivity contribution in [1.29, 1.82) is 0 Å². The van der Waals surface area contributed by atoms with Crippen molar-refractivity contribution in [2.75, 3.05) is 13.9 Å². The summed E-state index contributed by atoms with van der Waals surface area (Å²) >= 11 is 0. The van der Waals surface area contributed by atoms with Crippen molar-refractivity contribution in [2.24, 2.45) is 0 Å². The van der Waals surface area contributed by atoms with Crippen LogP contribution in [0.2, 0.25) is 0 Å². The maximum absolute atomic E-state index is 11.0. The Labute approximate surface area is 92.5 Å². The molecule has 2 rings (SSSR count). The molecule has 5 heteroatoms. The minimum absolute atomic E-state index is 0.0733. The molecular formula is C11H12O5. The Hall–Kier alpha value is -1.75. The number of aliphatic hydroxyl groups is 1. The second kappa shape index (κ2) is 4.40. The second-order valence-electron chi connectivity index (χ2n) is 3.41. The van der Waals surface area contributed by atoms with E-state index in [1.165, 1.54) is 7.11 Å². The molecule has 1 aromatic carbocycles. The fraction of sp³-hybridized carbons (Fsp3) is 0.364. The Morgan fingerprint density at radius 2 is 2.25 bits per heavy atom. The topological polar surface area (TPSA) is 65.0 Å². The summed E-state index contributed by atoms with van der Waals surface area (Å²) in [5, 5.41) is 9.76. The first kappa shape index (κ1) is 10.8. The van der Waals surface area contributed by atoms with Gasteiger partial charge in [0.15, 0.2) is 11.5 Å². The van der Waals surface area contributed by atoms with Gasteiger partial charge in [-0.05, 0) is 17.7 Å². The van der Waals surface area contributed by atoms with E-state index in [1.54, 1.807) is 18.2 Å². The van der Waals surface area contributed by atoms with Crippen LogP contribution in [0.5, 0.6) is 11.5 Å². The smallest absolute Gasteiger partial charge is 0.308 e. The van der Waals surface area contributed by atoms with Crippen LogP contribution < -0.4 is 9.47 Å². The third-order valence-corrected chi connectivity index (χ3v) is 2.37. The lowest BCUT2D eigenvalue weighted by Gasteiger charge is -2.09. The molecule has 0 spiro atoms. The van der Waals surface area contributed by atoms with Gasteiger partial charge in [0.1, 0.15) is 0 Å². The van der Waals surface area contributed by atoms with Crippen molar-refractivity contribution >= 4 is 5.97 Å². The monoisotopic (exact) mass is 224 g/mol. The zero-order chi connectivity index (χ0) is 11.5. The zero-order valence-electron chi connectivity index (χ0n) is 8.80. The minimum Gasteiger partial charge on any atom is -0.469 e. The molecule has 1 N–H and O–H groups in total. The molecular weight excluding hydrogens is 212 g/mol. The van der Waals surface area contributed by atoms with E-state index in [9.17, 15) is 9.90 Å². The standard InChI is InChI=1S/C11H12O5/c1-14-11(13)5-8(12)7-2-3-9-10(4-7)16-6-15-9/h2-4,8,12H,5-6H2,1H3/t8-/m1/s1. The van der Waals surface area contributed by atoms with E-state index >= 15 is 0 Å². The lowest BCUT2D eigenvalue weighted by Crippen LogP contribution is -2.07. The van der Waals surface area contributed by atoms with Gasteiger partial charge in [-0.2, -0.15) is 0 Å². The summed E-state index contributed by atoms with van der Waals surface area (Å²) in [6.07, 6.45) is -0.960. The Morgan fingerprint density at radius 3 is 3.00 bits per heavy atom. The van der Waals surface area contributed by atoms with Gasteiger partial charge >= 0.3 is 5.97 Å². The molecule has 0 unspecified atom stereocenters. The van der Waals surface area contributed by atoms with Gasteiger partial charge in [-0.1, -0.05) is 6.07 Å². The molecule has 1 aromatic rings. The van der Waals surface area contributed by atoms with Crippen LogP contribution in [-0.4, -0.2) is 25.0 Å². The maximum atomic E-state index is 11.0. The van der Waals surface area contributed by atoms with Gasteiger partial charge in [-0.15, -0.1) is 0 Å². The summed E-state index contributed by atoms with van der Waals surface area (Å²) in [7, 11) is 1.29. The van der Waals surface area contributed by atoms with Gasteiger partial charge in [-0.25, -0.2) is 0 Å². The quantitative estimate of drug-likeness (QED) is 0.776. The third-order valence-electron chi connectivity index (χ3n) is 2.37. The highest BCUT2D eigenvalue weighted by atomic mass is 16.7. The predicted molar refractivity (Wildman–Crippen MR) is 54.2 cm³/mol. The summed E-state index contributed by atoms with van der Waals surface area (Å²) in [6.45, 7) is 0.186. The molecule has 0 aromatic heterocycles. The van der Waals surface area contributed by atoms with Crippen molar-refractivity contribution in [3.05, 3.63) is 23.8 Å². The van der Waals surface area contributed by atoms with Crippen LogP contribution in [0.4, 0.5) is 0 Å². The van der Waals surface area contributed by atoms with Gasteiger partial charge < -0.3 is 19.3 Å². The summed E-state index contributed by atoms with van der Waals surface area (Å²) < 4.78 is 14.8. The number of esters is 1. The molecule has 1 aliphatic rings. The molecule has 1 heterocycles. The number of aliphatic hydroxyl groups excluding tert-OH is 1. The molecule has 0 aliphatic carbocycles. The van der Waals surface area contributed by atoms with Crippen molar-refractivity contribution in [1.82, 2.24) is 0 Å². The number of hydrogen-bond acceptors (Lipinski definition) is 5. The van der Waals surface area contributed by atoms with Crippen LogP contribution in [0.25, 0.3) is 0 Å². The Bertz CT molecular complexity index is 401. The summed E-state index contributed by atoms with van der Waals surface area (Å²) in [4.78, 5) is 11.0. The Balaban J connectivity index is 2.12. The van der Waals surface area contributed by atoms with E-state index in [0.29, 0.717) is 17.1 Å². The molecule has 0 saturated carbocycles. The highest BCUT2D eigenvalue weighted by Gasteiger charge is 2.18. The van der Waals surface area contributed by atoms with Gasteiger partial charge in [0.25, 0.3) is 0 Å².